The maximum atomic E-state index is 12.5. The van der Waals surface area contributed by atoms with Crippen LogP contribution in [0.1, 0.15) is 15.9 Å². The molecular weight excluding hydrogens is 440 g/mol. The van der Waals surface area contributed by atoms with Crippen LogP contribution >= 0.6 is 0 Å². The van der Waals surface area contributed by atoms with E-state index in [0.29, 0.717) is 45.6 Å². The smallest absolute Gasteiger partial charge is 0.273 e. The van der Waals surface area contributed by atoms with E-state index in [9.17, 15) is 14.9 Å². The van der Waals surface area contributed by atoms with E-state index in [-0.39, 0.29) is 11.3 Å². The second kappa shape index (κ2) is 9.41. The number of benzene rings is 3. The van der Waals surface area contributed by atoms with E-state index in [0.717, 1.165) is 0 Å². The lowest BCUT2D eigenvalue weighted by Crippen LogP contribution is -2.12. The fourth-order valence-corrected chi connectivity index (χ4v) is 3.28. The molecule has 0 radical (unpaired) electrons. The summed E-state index contributed by atoms with van der Waals surface area (Å²) in [5.74, 6) is 1.36. The number of nitrogens with zero attached hydrogens (tertiary/aromatic N) is 3. The van der Waals surface area contributed by atoms with Crippen LogP contribution in [0.25, 0.3) is 22.8 Å². The van der Waals surface area contributed by atoms with Crippen LogP contribution in [-0.4, -0.2) is 35.2 Å². The number of hydrogen-bond donors (Lipinski definition) is 1. The topological polar surface area (TPSA) is 130 Å². The van der Waals surface area contributed by atoms with E-state index in [1.165, 1.54) is 6.07 Å². The number of hydrogen-bond acceptors (Lipinski definition) is 8. The number of nitrogens with one attached hydrogen (secondary N) is 1. The summed E-state index contributed by atoms with van der Waals surface area (Å²) in [5.41, 5.74) is 2.44. The molecule has 0 atom stereocenters. The largest absolute Gasteiger partial charge is 0.493 e. The summed E-state index contributed by atoms with van der Waals surface area (Å²) in [6.45, 7) is 1.62. The van der Waals surface area contributed by atoms with E-state index in [1.807, 2.05) is 0 Å². The van der Waals surface area contributed by atoms with Crippen molar-refractivity contribution in [1.29, 1.82) is 0 Å². The van der Waals surface area contributed by atoms with Crippen LogP contribution < -0.4 is 14.8 Å². The molecule has 0 fully saturated rings. The molecule has 34 heavy (non-hydrogen) atoms. The molecule has 0 unspecified atom stereocenters. The van der Waals surface area contributed by atoms with E-state index in [2.05, 4.69) is 15.5 Å². The van der Waals surface area contributed by atoms with Crippen molar-refractivity contribution in [2.24, 2.45) is 0 Å². The van der Waals surface area contributed by atoms with E-state index in [4.69, 9.17) is 14.0 Å². The predicted molar refractivity (Wildman–Crippen MR) is 124 cm³/mol. The first-order chi connectivity index (χ1) is 16.4. The van der Waals surface area contributed by atoms with Gasteiger partial charge in [-0.25, -0.2) is 0 Å². The van der Waals surface area contributed by atoms with Gasteiger partial charge in [-0.2, -0.15) is 4.98 Å². The fraction of sp³-hybridized carbons (Fsp3) is 0.125. The van der Waals surface area contributed by atoms with Crippen LogP contribution in [0.4, 0.5) is 11.4 Å². The molecular formula is C24H20N4O6. The molecule has 0 aliphatic heterocycles. The first-order valence-electron chi connectivity index (χ1n) is 10.1. The molecule has 172 valence electrons. The van der Waals surface area contributed by atoms with Gasteiger partial charge >= 0.3 is 0 Å². The SMILES string of the molecule is COc1ccc(-c2nc(-c3ccc(NC(=O)c4ccc(C)c([N+](=O)[O-])c4)cc3)no2)cc1OC. The number of nitro benzene ring substituents is 1. The van der Waals surface area contributed by atoms with Crippen LogP contribution in [-0.2, 0) is 0 Å². The summed E-state index contributed by atoms with van der Waals surface area (Å²) in [6.07, 6.45) is 0. The normalized spacial score (nSPS) is 10.6. The minimum absolute atomic E-state index is 0.106. The fourth-order valence-electron chi connectivity index (χ4n) is 3.28. The predicted octanol–water partition coefficient (Wildman–Crippen LogP) is 4.89. The standard InChI is InChI=1S/C24H20N4O6/c1-14-4-5-16(12-19(14)28(30)31)23(29)25-18-9-6-15(7-10-18)22-26-24(34-27-22)17-8-11-20(32-2)21(13-17)33-3/h4-13H,1-3H3,(H,25,29). The van der Waals surface area contributed by atoms with Gasteiger partial charge in [0.2, 0.25) is 5.82 Å². The van der Waals surface area contributed by atoms with Crippen molar-refractivity contribution in [3.05, 3.63) is 81.9 Å². The number of aromatic nitrogens is 2. The van der Waals surface area contributed by atoms with Crippen LogP contribution in [0.2, 0.25) is 0 Å². The summed E-state index contributed by atoms with van der Waals surface area (Å²) in [6, 6.07) is 16.4. The van der Waals surface area contributed by atoms with Gasteiger partial charge < -0.3 is 19.3 Å². The Labute approximate surface area is 194 Å². The molecule has 0 bridgehead atoms. The van der Waals surface area contributed by atoms with Crippen molar-refractivity contribution in [2.45, 2.75) is 6.92 Å². The molecule has 0 spiro atoms. The molecule has 1 aromatic heterocycles. The zero-order valence-corrected chi connectivity index (χ0v) is 18.6. The number of methoxy groups -OCH3 is 2. The second-order valence-corrected chi connectivity index (χ2v) is 7.28. The van der Waals surface area contributed by atoms with E-state index >= 15 is 0 Å². The lowest BCUT2D eigenvalue weighted by molar-refractivity contribution is -0.385. The van der Waals surface area contributed by atoms with Crippen molar-refractivity contribution in [1.82, 2.24) is 10.1 Å². The number of aryl methyl sites for hydroxylation is 1. The third-order valence-corrected chi connectivity index (χ3v) is 5.13. The highest BCUT2D eigenvalue weighted by Crippen LogP contribution is 2.32. The minimum atomic E-state index is -0.512. The summed E-state index contributed by atoms with van der Waals surface area (Å²) in [7, 11) is 3.10. The average Bonchev–Trinajstić information content (AvgIpc) is 3.34. The molecule has 4 aromatic rings. The number of carbonyl (C=O) groups is 1. The van der Waals surface area contributed by atoms with Crippen LogP contribution in [0.3, 0.4) is 0 Å². The van der Waals surface area contributed by atoms with Gasteiger partial charge in [-0.1, -0.05) is 11.2 Å². The van der Waals surface area contributed by atoms with Crippen molar-refractivity contribution in [2.75, 3.05) is 19.5 Å². The zero-order chi connectivity index (χ0) is 24.2. The third-order valence-electron chi connectivity index (χ3n) is 5.13. The Kier molecular flexibility index (Phi) is 6.22. The Hall–Kier alpha value is -4.73. The van der Waals surface area contributed by atoms with Crippen LogP contribution in [0.15, 0.2) is 65.2 Å². The molecule has 0 aliphatic carbocycles. The maximum absolute atomic E-state index is 12.5. The van der Waals surface area contributed by atoms with Gasteiger partial charge in [0, 0.05) is 34.0 Å². The summed E-state index contributed by atoms with van der Waals surface area (Å²) in [5, 5.41) is 17.9. The Balaban J connectivity index is 1.50. The molecule has 3 aromatic carbocycles. The first kappa shape index (κ1) is 22.5. The number of anilines is 1. The number of amides is 1. The van der Waals surface area contributed by atoms with E-state index in [1.54, 1.807) is 75.7 Å². The molecule has 10 nitrogen and oxygen atoms in total. The Morgan fingerprint density at radius 3 is 2.35 bits per heavy atom. The Morgan fingerprint density at radius 1 is 0.971 bits per heavy atom. The maximum Gasteiger partial charge on any atom is 0.273 e. The van der Waals surface area contributed by atoms with Gasteiger partial charge in [0.1, 0.15) is 0 Å². The lowest BCUT2D eigenvalue weighted by atomic mass is 10.1. The molecule has 0 saturated heterocycles. The number of rotatable bonds is 7. The van der Waals surface area contributed by atoms with Gasteiger partial charge in [0.05, 0.1) is 19.1 Å². The lowest BCUT2D eigenvalue weighted by Gasteiger charge is -2.07. The molecule has 10 heteroatoms. The highest BCUT2D eigenvalue weighted by molar-refractivity contribution is 6.04. The summed E-state index contributed by atoms with van der Waals surface area (Å²) < 4.78 is 15.9. The summed E-state index contributed by atoms with van der Waals surface area (Å²) in [4.78, 5) is 27.6. The Morgan fingerprint density at radius 2 is 1.68 bits per heavy atom. The number of ether oxygens (including phenoxy) is 2. The quantitative estimate of drug-likeness (QED) is 0.305. The van der Waals surface area contributed by atoms with Gasteiger partial charge in [-0.05, 0) is 55.5 Å². The van der Waals surface area contributed by atoms with Crippen LogP contribution in [0, 0.1) is 17.0 Å². The van der Waals surface area contributed by atoms with Crippen molar-refractivity contribution >= 4 is 17.3 Å². The highest BCUT2D eigenvalue weighted by Gasteiger charge is 2.16. The third kappa shape index (κ3) is 4.56. The van der Waals surface area contributed by atoms with Crippen molar-refractivity contribution in [3.63, 3.8) is 0 Å². The molecule has 4 rings (SSSR count). The molecule has 0 saturated carbocycles. The van der Waals surface area contributed by atoms with Gasteiger partial charge in [-0.15, -0.1) is 0 Å². The molecule has 0 aliphatic rings. The zero-order valence-electron chi connectivity index (χ0n) is 18.6. The minimum Gasteiger partial charge on any atom is -0.493 e. The monoisotopic (exact) mass is 460 g/mol. The molecule has 1 amide bonds. The van der Waals surface area contributed by atoms with Crippen molar-refractivity contribution < 1.29 is 23.7 Å². The summed E-state index contributed by atoms with van der Waals surface area (Å²) >= 11 is 0. The van der Waals surface area contributed by atoms with E-state index < -0.39 is 10.8 Å². The molecule has 1 heterocycles. The van der Waals surface area contributed by atoms with Gasteiger partial charge in [0.25, 0.3) is 17.5 Å². The first-order valence-corrected chi connectivity index (χ1v) is 10.1. The van der Waals surface area contributed by atoms with Gasteiger partial charge in [0.15, 0.2) is 11.5 Å². The highest BCUT2D eigenvalue weighted by atomic mass is 16.6. The number of carbonyl (C=O) groups excluding carboxylic acids is 1. The Bertz CT molecular complexity index is 1360. The van der Waals surface area contributed by atoms with Crippen LogP contribution in [0.5, 0.6) is 11.5 Å². The van der Waals surface area contributed by atoms with Crippen molar-refractivity contribution in [3.8, 4) is 34.3 Å². The second-order valence-electron chi connectivity index (χ2n) is 7.28. The molecule has 1 N–H and O–H groups in total. The average molecular weight is 460 g/mol. The van der Waals surface area contributed by atoms with Gasteiger partial charge in [-0.3, -0.25) is 14.9 Å². The number of nitro groups is 1.